The van der Waals surface area contributed by atoms with Gasteiger partial charge in [0.25, 0.3) is 0 Å². The summed E-state index contributed by atoms with van der Waals surface area (Å²) in [6, 6.07) is -0.755. The quantitative estimate of drug-likeness (QED) is 0.722. The van der Waals surface area contributed by atoms with E-state index in [0.717, 1.165) is 12.8 Å². The molecule has 116 valence electrons. The molecule has 0 aromatic heterocycles. The minimum Gasteiger partial charge on any atom is -0.379 e. The number of unbranched alkanes of at least 4 members (excludes halogenated alkanes) is 1. The van der Waals surface area contributed by atoms with Gasteiger partial charge in [-0.1, -0.05) is 13.8 Å². The lowest BCUT2D eigenvalue weighted by Crippen LogP contribution is -2.63. The van der Waals surface area contributed by atoms with E-state index in [4.69, 9.17) is 4.74 Å². The van der Waals surface area contributed by atoms with Crippen molar-refractivity contribution in [3.8, 4) is 0 Å². The predicted molar refractivity (Wildman–Crippen MR) is 78.3 cm³/mol. The topological polar surface area (TPSA) is 58.6 Å². The molecule has 1 saturated heterocycles. The molecule has 0 radical (unpaired) electrons. The van der Waals surface area contributed by atoms with Crippen molar-refractivity contribution in [1.82, 2.24) is 10.2 Å². The van der Waals surface area contributed by atoms with E-state index >= 15 is 0 Å². The molecule has 2 unspecified atom stereocenters. The lowest BCUT2D eigenvalue weighted by Gasteiger charge is -2.38. The second-order valence-electron chi connectivity index (χ2n) is 6.06. The number of rotatable bonds is 7. The molecule has 2 amide bonds. The van der Waals surface area contributed by atoms with Crippen LogP contribution in [0.15, 0.2) is 0 Å². The van der Waals surface area contributed by atoms with Crippen LogP contribution >= 0.6 is 0 Å². The molecule has 0 spiro atoms. The maximum atomic E-state index is 12.4. The van der Waals surface area contributed by atoms with Gasteiger partial charge < -0.3 is 15.0 Å². The number of hydrogen-bond acceptors (Lipinski definition) is 3. The van der Waals surface area contributed by atoms with Crippen LogP contribution in [0.25, 0.3) is 0 Å². The molecule has 2 atom stereocenters. The summed E-state index contributed by atoms with van der Waals surface area (Å²) in [5, 5.41) is 2.81. The van der Waals surface area contributed by atoms with Crippen molar-refractivity contribution in [2.24, 2.45) is 5.92 Å². The van der Waals surface area contributed by atoms with Crippen molar-refractivity contribution in [3.63, 3.8) is 0 Å². The average molecular weight is 284 g/mol. The third-order valence-corrected chi connectivity index (χ3v) is 3.61. The summed E-state index contributed by atoms with van der Waals surface area (Å²) in [7, 11) is 0. The molecule has 0 saturated carbocycles. The predicted octanol–water partition coefficient (Wildman–Crippen LogP) is 1.56. The molecule has 0 bridgehead atoms. The monoisotopic (exact) mass is 284 g/mol. The summed E-state index contributed by atoms with van der Waals surface area (Å²) < 4.78 is 5.48. The van der Waals surface area contributed by atoms with Crippen LogP contribution in [-0.2, 0) is 14.3 Å². The SMILES string of the molecule is CC(C)OCCCCN1C(=O)C(C(C)C)NC(=O)C1C. The smallest absolute Gasteiger partial charge is 0.246 e. The van der Waals surface area contributed by atoms with Crippen molar-refractivity contribution in [2.45, 2.75) is 65.6 Å². The first kappa shape index (κ1) is 17.0. The van der Waals surface area contributed by atoms with Crippen LogP contribution in [0.5, 0.6) is 0 Å². The normalized spacial score (nSPS) is 23.6. The number of amides is 2. The highest BCUT2D eigenvalue weighted by Gasteiger charge is 2.38. The van der Waals surface area contributed by atoms with Gasteiger partial charge in [-0.3, -0.25) is 9.59 Å². The summed E-state index contributed by atoms with van der Waals surface area (Å²) in [6.45, 7) is 11.0. The van der Waals surface area contributed by atoms with E-state index in [1.54, 1.807) is 11.8 Å². The zero-order valence-corrected chi connectivity index (χ0v) is 13.3. The Labute approximate surface area is 122 Å². The van der Waals surface area contributed by atoms with E-state index in [2.05, 4.69) is 5.32 Å². The average Bonchev–Trinajstić information content (AvgIpc) is 2.36. The molecule has 1 N–H and O–H groups in total. The molecule has 20 heavy (non-hydrogen) atoms. The Bertz CT molecular complexity index is 342. The van der Waals surface area contributed by atoms with Gasteiger partial charge in [-0.15, -0.1) is 0 Å². The summed E-state index contributed by atoms with van der Waals surface area (Å²) in [6.07, 6.45) is 2.01. The Kier molecular flexibility index (Phi) is 6.46. The van der Waals surface area contributed by atoms with Crippen LogP contribution in [0.4, 0.5) is 0 Å². The number of carbonyl (C=O) groups is 2. The van der Waals surface area contributed by atoms with Crippen molar-refractivity contribution in [3.05, 3.63) is 0 Å². The highest BCUT2D eigenvalue weighted by atomic mass is 16.5. The summed E-state index contributed by atoms with van der Waals surface area (Å²) in [5.74, 6) is 0.101. The highest BCUT2D eigenvalue weighted by molar-refractivity contribution is 5.96. The van der Waals surface area contributed by atoms with Crippen LogP contribution in [0.3, 0.4) is 0 Å². The Hall–Kier alpha value is -1.10. The maximum absolute atomic E-state index is 12.4. The first-order valence-corrected chi connectivity index (χ1v) is 7.57. The van der Waals surface area contributed by atoms with E-state index in [9.17, 15) is 9.59 Å². The minimum atomic E-state index is -0.384. The van der Waals surface area contributed by atoms with Gasteiger partial charge in [0, 0.05) is 13.2 Å². The third-order valence-electron chi connectivity index (χ3n) is 3.61. The molecule has 1 aliphatic rings. The van der Waals surface area contributed by atoms with Crippen LogP contribution in [-0.4, -0.2) is 48.1 Å². The molecule has 1 rings (SSSR count). The largest absolute Gasteiger partial charge is 0.379 e. The Morgan fingerprint density at radius 1 is 1.20 bits per heavy atom. The van der Waals surface area contributed by atoms with Gasteiger partial charge >= 0.3 is 0 Å². The molecule has 5 nitrogen and oxygen atoms in total. The van der Waals surface area contributed by atoms with E-state index in [0.29, 0.717) is 13.2 Å². The molecule has 1 heterocycles. The van der Waals surface area contributed by atoms with Crippen LogP contribution in [0.1, 0.15) is 47.5 Å². The molecule has 5 heteroatoms. The fourth-order valence-electron chi connectivity index (χ4n) is 2.31. The zero-order chi connectivity index (χ0) is 15.3. The fraction of sp³-hybridized carbons (Fsp3) is 0.867. The van der Waals surface area contributed by atoms with Gasteiger partial charge in [0.2, 0.25) is 11.8 Å². The van der Waals surface area contributed by atoms with Gasteiger partial charge in [0.05, 0.1) is 6.10 Å². The van der Waals surface area contributed by atoms with Gasteiger partial charge in [-0.05, 0) is 39.5 Å². The molecule has 0 aromatic carbocycles. The third kappa shape index (κ3) is 4.47. The van der Waals surface area contributed by atoms with Crippen molar-refractivity contribution in [2.75, 3.05) is 13.2 Å². The lowest BCUT2D eigenvalue weighted by molar-refractivity contribution is -0.150. The van der Waals surface area contributed by atoms with Crippen LogP contribution < -0.4 is 5.32 Å². The number of nitrogens with one attached hydrogen (secondary N) is 1. The zero-order valence-electron chi connectivity index (χ0n) is 13.3. The molecular formula is C15H28N2O3. The first-order valence-electron chi connectivity index (χ1n) is 7.57. The second kappa shape index (κ2) is 7.62. The molecular weight excluding hydrogens is 256 g/mol. The highest BCUT2D eigenvalue weighted by Crippen LogP contribution is 2.16. The van der Waals surface area contributed by atoms with Crippen molar-refractivity contribution in [1.29, 1.82) is 0 Å². The van der Waals surface area contributed by atoms with Gasteiger partial charge in [0.1, 0.15) is 12.1 Å². The maximum Gasteiger partial charge on any atom is 0.246 e. The number of ether oxygens (including phenoxy) is 1. The van der Waals surface area contributed by atoms with E-state index in [-0.39, 0.29) is 35.9 Å². The Morgan fingerprint density at radius 3 is 2.40 bits per heavy atom. The Morgan fingerprint density at radius 2 is 1.85 bits per heavy atom. The van der Waals surface area contributed by atoms with Crippen LogP contribution in [0, 0.1) is 5.92 Å². The number of piperazine rings is 1. The number of carbonyl (C=O) groups excluding carboxylic acids is 2. The molecule has 0 aromatic rings. The van der Waals surface area contributed by atoms with Crippen molar-refractivity contribution < 1.29 is 14.3 Å². The molecule has 1 fully saturated rings. The van der Waals surface area contributed by atoms with E-state index in [1.165, 1.54) is 0 Å². The summed E-state index contributed by atoms with van der Waals surface area (Å²) in [5.41, 5.74) is 0. The summed E-state index contributed by atoms with van der Waals surface area (Å²) >= 11 is 0. The lowest BCUT2D eigenvalue weighted by atomic mass is 9.98. The number of hydrogen-bond donors (Lipinski definition) is 1. The van der Waals surface area contributed by atoms with E-state index < -0.39 is 0 Å². The number of nitrogens with zero attached hydrogens (tertiary/aromatic N) is 1. The van der Waals surface area contributed by atoms with Gasteiger partial charge in [-0.25, -0.2) is 0 Å². The standard InChI is InChI=1S/C15H28N2O3/c1-10(2)13-15(19)17(12(5)14(18)16-13)8-6-7-9-20-11(3)4/h10-13H,6-9H2,1-5H3,(H,16,18). The fourth-order valence-corrected chi connectivity index (χ4v) is 2.31. The van der Waals surface area contributed by atoms with Crippen LogP contribution in [0.2, 0.25) is 0 Å². The van der Waals surface area contributed by atoms with Crippen molar-refractivity contribution >= 4 is 11.8 Å². The second-order valence-corrected chi connectivity index (χ2v) is 6.06. The first-order chi connectivity index (χ1) is 9.34. The van der Waals surface area contributed by atoms with E-state index in [1.807, 2.05) is 27.7 Å². The minimum absolute atomic E-state index is 0.0388. The Balaban J connectivity index is 2.48. The molecule has 0 aliphatic carbocycles. The van der Waals surface area contributed by atoms with Gasteiger partial charge in [-0.2, -0.15) is 0 Å². The molecule has 1 aliphatic heterocycles. The van der Waals surface area contributed by atoms with Gasteiger partial charge in [0.15, 0.2) is 0 Å². The summed E-state index contributed by atoms with van der Waals surface area (Å²) in [4.78, 5) is 26.0.